The lowest BCUT2D eigenvalue weighted by molar-refractivity contribution is -0.148. The molecular formula is C12H15N3O5. The Labute approximate surface area is 113 Å². The lowest BCUT2D eigenvalue weighted by Crippen LogP contribution is -2.45. The largest absolute Gasteiger partial charge is 0.480 e. The van der Waals surface area contributed by atoms with E-state index >= 15 is 0 Å². The van der Waals surface area contributed by atoms with Gasteiger partial charge >= 0.3 is 11.7 Å². The molecule has 0 aliphatic carbocycles. The van der Waals surface area contributed by atoms with Gasteiger partial charge in [0.25, 0.3) is 5.56 Å². The second-order valence-corrected chi connectivity index (χ2v) is 4.71. The zero-order valence-corrected chi connectivity index (χ0v) is 11.0. The summed E-state index contributed by atoms with van der Waals surface area (Å²) < 4.78 is 1.99. The predicted molar refractivity (Wildman–Crippen MR) is 68.3 cm³/mol. The van der Waals surface area contributed by atoms with Crippen LogP contribution in [0.5, 0.6) is 0 Å². The van der Waals surface area contributed by atoms with Crippen LogP contribution in [0.1, 0.15) is 12.8 Å². The van der Waals surface area contributed by atoms with Gasteiger partial charge < -0.3 is 10.0 Å². The molecule has 1 aromatic rings. The number of carbonyl (C=O) groups is 2. The summed E-state index contributed by atoms with van der Waals surface area (Å²) in [4.78, 5) is 47.4. The molecule has 1 unspecified atom stereocenters. The number of likely N-dealkylation sites (tertiary alicyclic amines) is 1. The molecule has 8 heteroatoms. The smallest absolute Gasteiger partial charge is 0.331 e. The number of nitrogens with zero attached hydrogens (tertiary/aromatic N) is 3. The molecule has 0 bridgehead atoms. The van der Waals surface area contributed by atoms with Crippen LogP contribution in [0.25, 0.3) is 0 Å². The number of aliphatic carboxylic acids is 1. The molecule has 0 saturated carbocycles. The van der Waals surface area contributed by atoms with Crippen molar-refractivity contribution in [2.24, 2.45) is 7.05 Å². The summed E-state index contributed by atoms with van der Waals surface area (Å²) in [6.07, 6.45) is 2.29. The van der Waals surface area contributed by atoms with E-state index in [1.54, 1.807) is 0 Å². The molecule has 0 aromatic carbocycles. The molecule has 1 aliphatic heterocycles. The van der Waals surface area contributed by atoms with Crippen LogP contribution in [0.15, 0.2) is 21.9 Å². The Morgan fingerprint density at radius 3 is 2.75 bits per heavy atom. The number of carbonyl (C=O) groups excluding carboxylic acids is 1. The molecule has 1 aliphatic rings. The van der Waals surface area contributed by atoms with Gasteiger partial charge in [-0.1, -0.05) is 0 Å². The van der Waals surface area contributed by atoms with Crippen molar-refractivity contribution in [2.75, 3.05) is 6.54 Å². The molecule has 2 heterocycles. The number of carboxylic acids is 1. The van der Waals surface area contributed by atoms with Crippen LogP contribution < -0.4 is 11.2 Å². The van der Waals surface area contributed by atoms with Crippen LogP contribution >= 0.6 is 0 Å². The molecule has 8 nitrogen and oxygen atoms in total. The van der Waals surface area contributed by atoms with E-state index in [0.717, 1.165) is 9.13 Å². The molecule has 108 valence electrons. The summed E-state index contributed by atoms with van der Waals surface area (Å²) in [5.74, 6) is -1.47. The minimum atomic E-state index is -1.04. The number of hydrogen-bond acceptors (Lipinski definition) is 4. The Morgan fingerprint density at radius 2 is 2.10 bits per heavy atom. The van der Waals surface area contributed by atoms with E-state index in [9.17, 15) is 19.2 Å². The summed E-state index contributed by atoms with van der Waals surface area (Å²) in [7, 11) is 1.32. The van der Waals surface area contributed by atoms with Crippen molar-refractivity contribution in [3.8, 4) is 0 Å². The first kappa shape index (κ1) is 14.0. The van der Waals surface area contributed by atoms with E-state index in [0.29, 0.717) is 19.4 Å². The average molecular weight is 281 g/mol. The molecule has 0 radical (unpaired) electrons. The van der Waals surface area contributed by atoms with Crippen molar-refractivity contribution < 1.29 is 14.7 Å². The minimum absolute atomic E-state index is 0.267. The number of hydrogen-bond donors (Lipinski definition) is 1. The van der Waals surface area contributed by atoms with Crippen molar-refractivity contribution in [3.63, 3.8) is 0 Å². The van der Waals surface area contributed by atoms with Crippen molar-refractivity contribution >= 4 is 11.9 Å². The Morgan fingerprint density at radius 1 is 1.40 bits per heavy atom. The van der Waals surface area contributed by atoms with Gasteiger partial charge in [0.1, 0.15) is 12.6 Å². The molecule has 1 amide bonds. The summed E-state index contributed by atoms with van der Waals surface area (Å²) in [6.45, 7) is 0.104. The molecule has 1 N–H and O–H groups in total. The van der Waals surface area contributed by atoms with Gasteiger partial charge in [0.05, 0.1) is 0 Å². The van der Waals surface area contributed by atoms with E-state index in [1.807, 2.05) is 0 Å². The van der Waals surface area contributed by atoms with Gasteiger partial charge in [0.15, 0.2) is 0 Å². The average Bonchev–Trinajstić information content (AvgIpc) is 2.89. The van der Waals surface area contributed by atoms with Crippen LogP contribution in [0.2, 0.25) is 0 Å². The van der Waals surface area contributed by atoms with Gasteiger partial charge in [-0.15, -0.1) is 0 Å². The van der Waals surface area contributed by atoms with Crippen molar-refractivity contribution in [3.05, 3.63) is 33.1 Å². The SMILES string of the molecule is Cn1c(=O)ccn(CC(=O)N2CCCC2C(=O)O)c1=O. The van der Waals surface area contributed by atoms with Crippen molar-refractivity contribution in [1.29, 1.82) is 0 Å². The van der Waals surface area contributed by atoms with E-state index in [-0.39, 0.29) is 6.54 Å². The Kier molecular flexibility index (Phi) is 3.73. The van der Waals surface area contributed by atoms with E-state index in [2.05, 4.69) is 0 Å². The fourth-order valence-corrected chi connectivity index (χ4v) is 2.30. The van der Waals surface area contributed by atoms with Gasteiger partial charge in [-0.25, -0.2) is 9.59 Å². The summed E-state index contributed by atoms with van der Waals surface area (Å²) in [5, 5.41) is 9.03. The molecule has 2 rings (SSSR count). The topological polar surface area (TPSA) is 102 Å². The van der Waals surface area contributed by atoms with Crippen LogP contribution in [0.3, 0.4) is 0 Å². The third-order valence-electron chi connectivity index (χ3n) is 3.42. The quantitative estimate of drug-likeness (QED) is 0.736. The summed E-state index contributed by atoms with van der Waals surface area (Å²) in [6, 6.07) is 0.360. The van der Waals surface area contributed by atoms with Gasteiger partial charge in [-0.2, -0.15) is 0 Å². The predicted octanol–water partition coefficient (Wildman–Crippen LogP) is -1.38. The van der Waals surface area contributed by atoms with Crippen molar-refractivity contribution in [2.45, 2.75) is 25.4 Å². The second kappa shape index (κ2) is 5.32. The van der Waals surface area contributed by atoms with Gasteiger partial charge in [-0.3, -0.25) is 18.7 Å². The highest BCUT2D eigenvalue weighted by molar-refractivity contribution is 5.84. The maximum Gasteiger partial charge on any atom is 0.331 e. The van der Waals surface area contributed by atoms with Crippen LogP contribution in [0, 0.1) is 0 Å². The Balaban J connectivity index is 2.20. The normalized spacial score (nSPS) is 18.2. The highest BCUT2D eigenvalue weighted by atomic mass is 16.4. The van der Waals surface area contributed by atoms with Gasteiger partial charge in [0, 0.05) is 25.9 Å². The van der Waals surface area contributed by atoms with E-state index in [4.69, 9.17) is 5.11 Å². The van der Waals surface area contributed by atoms with Crippen LogP contribution in [-0.4, -0.2) is 43.6 Å². The molecule has 20 heavy (non-hydrogen) atoms. The monoisotopic (exact) mass is 281 g/mol. The standard InChI is InChI=1S/C12H15N3O5/c1-13-9(16)4-6-14(12(13)20)7-10(17)15-5-2-3-8(15)11(18)19/h4,6,8H,2-3,5,7H2,1H3,(H,18,19). The minimum Gasteiger partial charge on any atom is -0.480 e. The highest BCUT2D eigenvalue weighted by Crippen LogP contribution is 2.17. The van der Waals surface area contributed by atoms with Gasteiger partial charge in [0.2, 0.25) is 5.91 Å². The molecular weight excluding hydrogens is 266 g/mol. The van der Waals surface area contributed by atoms with E-state index in [1.165, 1.54) is 24.2 Å². The lowest BCUT2D eigenvalue weighted by atomic mass is 10.2. The number of aromatic nitrogens is 2. The maximum absolute atomic E-state index is 12.1. The number of rotatable bonds is 3. The Bertz CT molecular complexity index is 660. The molecule has 1 aromatic heterocycles. The third kappa shape index (κ3) is 2.49. The lowest BCUT2D eigenvalue weighted by Gasteiger charge is -2.21. The van der Waals surface area contributed by atoms with Crippen LogP contribution in [-0.2, 0) is 23.2 Å². The second-order valence-electron chi connectivity index (χ2n) is 4.71. The molecule has 1 fully saturated rings. The summed E-state index contributed by atoms with van der Waals surface area (Å²) in [5.41, 5.74) is -1.06. The number of amides is 1. The zero-order valence-electron chi connectivity index (χ0n) is 11.0. The first-order valence-electron chi connectivity index (χ1n) is 6.20. The first-order chi connectivity index (χ1) is 9.41. The molecule has 0 spiro atoms. The first-order valence-corrected chi connectivity index (χ1v) is 6.20. The number of carboxylic acid groups (broad SMARTS) is 1. The van der Waals surface area contributed by atoms with Crippen LogP contribution in [0.4, 0.5) is 0 Å². The fraction of sp³-hybridized carbons (Fsp3) is 0.500. The molecule has 1 atom stereocenters. The highest BCUT2D eigenvalue weighted by Gasteiger charge is 2.33. The fourth-order valence-electron chi connectivity index (χ4n) is 2.30. The molecule has 1 saturated heterocycles. The van der Waals surface area contributed by atoms with Crippen molar-refractivity contribution in [1.82, 2.24) is 14.0 Å². The van der Waals surface area contributed by atoms with Gasteiger partial charge in [-0.05, 0) is 12.8 Å². The third-order valence-corrected chi connectivity index (χ3v) is 3.42. The Hall–Kier alpha value is -2.38. The maximum atomic E-state index is 12.1. The van der Waals surface area contributed by atoms with E-state index < -0.39 is 29.2 Å². The summed E-state index contributed by atoms with van der Waals surface area (Å²) >= 11 is 0. The zero-order chi connectivity index (χ0) is 14.9.